The molecular weight excluding hydrogens is 370 g/mol. The number of rotatable bonds is 6. The van der Waals surface area contributed by atoms with Gasteiger partial charge in [-0.2, -0.15) is 0 Å². The van der Waals surface area contributed by atoms with Gasteiger partial charge in [-0.05, 0) is 51.1 Å². The van der Waals surface area contributed by atoms with E-state index in [1.165, 1.54) is 24.3 Å². The first-order chi connectivity index (χ1) is 12.6. The van der Waals surface area contributed by atoms with Crippen molar-refractivity contribution in [1.82, 2.24) is 9.80 Å². The van der Waals surface area contributed by atoms with Crippen LogP contribution in [0.2, 0.25) is 0 Å². The Morgan fingerprint density at radius 1 is 1.26 bits per heavy atom. The van der Waals surface area contributed by atoms with E-state index < -0.39 is 16.1 Å². The molecule has 0 spiro atoms. The van der Waals surface area contributed by atoms with E-state index in [4.69, 9.17) is 0 Å². The Morgan fingerprint density at radius 2 is 1.89 bits per heavy atom. The summed E-state index contributed by atoms with van der Waals surface area (Å²) in [5.41, 5.74) is 0.328. The summed E-state index contributed by atoms with van der Waals surface area (Å²) in [6, 6.07) is 5.65. The third-order valence-electron chi connectivity index (χ3n) is 3.95. The second kappa shape index (κ2) is 8.34. The number of benzene rings is 1. The van der Waals surface area contributed by atoms with Gasteiger partial charge in [-0.3, -0.25) is 29.4 Å². The van der Waals surface area contributed by atoms with Crippen LogP contribution in [-0.4, -0.2) is 50.4 Å². The quantitative estimate of drug-likeness (QED) is 0.419. The molecule has 27 heavy (non-hydrogen) atoms. The predicted octanol–water partition coefficient (Wildman–Crippen LogP) is 3.28. The third kappa shape index (κ3) is 4.73. The highest BCUT2D eigenvalue weighted by Gasteiger charge is 2.37. The number of nitro groups is 1. The molecule has 1 aromatic rings. The van der Waals surface area contributed by atoms with E-state index in [1.54, 1.807) is 11.0 Å². The number of thioether (sulfide) groups is 1. The Bertz CT molecular complexity index is 811. The van der Waals surface area contributed by atoms with Crippen LogP contribution >= 0.6 is 11.8 Å². The van der Waals surface area contributed by atoms with E-state index in [-0.39, 0.29) is 35.1 Å². The number of hydrogen-bond acceptors (Lipinski definition) is 6. The molecule has 1 fully saturated rings. The van der Waals surface area contributed by atoms with Crippen LogP contribution in [0.3, 0.4) is 0 Å². The number of hydrogen-bond donors (Lipinski definition) is 0. The largest absolute Gasteiger partial charge is 0.336 e. The van der Waals surface area contributed by atoms with E-state index in [1.807, 2.05) is 27.7 Å². The zero-order chi connectivity index (χ0) is 20.3. The van der Waals surface area contributed by atoms with Crippen molar-refractivity contribution in [3.63, 3.8) is 0 Å². The molecular formula is C18H21N3O5S. The van der Waals surface area contributed by atoms with E-state index >= 15 is 0 Å². The second-order valence-electron chi connectivity index (χ2n) is 6.61. The fourth-order valence-corrected chi connectivity index (χ4v) is 3.74. The lowest BCUT2D eigenvalue weighted by Gasteiger charge is -2.31. The van der Waals surface area contributed by atoms with Gasteiger partial charge in [-0.25, -0.2) is 0 Å². The van der Waals surface area contributed by atoms with Crippen LogP contribution < -0.4 is 0 Å². The summed E-state index contributed by atoms with van der Waals surface area (Å²) >= 11 is 0.719. The molecule has 1 aromatic carbocycles. The summed E-state index contributed by atoms with van der Waals surface area (Å²) in [5.74, 6) is -0.879. The van der Waals surface area contributed by atoms with Crippen molar-refractivity contribution in [1.29, 1.82) is 0 Å². The van der Waals surface area contributed by atoms with Gasteiger partial charge in [-0.1, -0.05) is 12.1 Å². The van der Waals surface area contributed by atoms with Crippen molar-refractivity contribution in [2.45, 2.75) is 39.8 Å². The summed E-state index contributed by atoms with van der Waals surface area (Å²) in [7, 11) is 0. The van der Waals surface area contributed by atoms with Crippen molar-refractivity contribution >= 4 is 40.6 Å². The van der Waals surface area contributed by atoms with Gasteiger partial charge in [0.2, 0.25) is 5.91 Å². The molecule has 0 radical (unpaired) electrons. The van der Waals surface area contributed by atoms with Gasteiger partial charge in [0.25, 0.3) is 16.8 Å². The van der Waals surface area contributed by atoms with Crippen LogP contribution in [0.25, 0.3) is 6.08 Å². The molecule has 1 aliphatic rings. The number of non-ortho nitro benzene ring substituents is 1. The molecule has 1 saturated heterocycles. The van der Waals surface area contributed by atoms with Crippen LogP contribution in [0.15, 0.2) is 29.2 Å². The average molecular weight is 391 g/mol. The van der Waals surface area contributed by atoms with E-state index in [2.05, 4.69) is 0 Å². The van der Waals surface area contributed by atoms with Crippen LogP contribution in [0.4, 0.5) is 10.5 Å². The standard InChI is InChI=1S/C18H21N3O5S/c1-11(2)20(12(3)4)16(22)10-19-17(23)15(27-18(19)24)9-13-6-5-7-14(8-13)21(25)26/h5-9,11-12H,10H2,1-4H3/b15-9-. The summed E-state index contributed by atoms with van der Waals surface area (Å²) in [6.45, 7) is 7.15. The molecule has 0 saturated carbocycles. The van der Waals surface area contributed by atoms with Crippen LogP contribution in [-0.2, 0) is 9.59 Å². The number of carbonyl (C=O) groups is 3. The van der Waals surface area contributed by atoms with Crippen molar-refractivity contribution in [2.24, 2.45) is 0 Å². The van der Waals surface area contributed by atoms with Crippen molar-refractivity contribution < 1.29 is 19.3 Å². The summed E-state index contributed by atoms with van der Waals surface area (Å²) < 4.78 is 0. The topological polar surface area (TPSA) is 101 Å². The molecule has 1 aliphatic heterocycles. The maximum absolute atomic E-state index is 12.5. The molecule has 1 heterocycles. The molecule has 0 aromatic heterocycles. The molecule has 9 heteroatoms. The zero-order valence-electron chi connectivity index (χ0n) is 15.5. The number of nitrogens with zero attached hydrogens (tertiary/aromatic N) is 3. The summed E-state index contributed by atoms with van der Waals surface area (Å²) in [5, 5.41) is 10.3. The van der Waals surface area contributed by atoms with Crippen LogP contribution in [0.1, 0.15) is 33.3 Å². The lowest BCUT2D eigenvalue weighted by Crippen LogP contribution is -2.48. The SMILES string of the molecule is CC(C)N(C(=O)CN1C(=O)S/C(=C\c2cccc([N+](=O)[O-])c2)C1=O)C(C)C. The summed E-state index contributed by atoms with van der Waals surface area (Å²) in [6.07, 6.45) is 1.42. The molecule has 0 unspecified atom stereocenters. The Hall–Kier alpha value is -2.68. The third-order valence-corrected chi connectivity index (χ3v) is 4.85. The van der Waals surface area contributed by atoms with E-state index in [0.29, 0.717) is 5.56 Å². The molecule has 0 aliphatic carbocycles. The first-order valence-corrected chi connectivity index (χ1v) is 9.24. The van der Waals surface area contributed by atoms with Gasteiger partial charge in [0.1, 0.15) is 6.54 Å². The molecule has 0 N–H and O–H groups in total. The number of nitro benzene ring substituents is 1. The van der Waals surface area contributed by atoms with Crippen LogP contribution in [0.5, 0.6) is 0 Å². The van der Waals surface area contributed by atoms with Gasteiger partial charge in [0.05, 0.1) is 9.83 Å². The molecule has 0 atom stereocenters. The molecule has 2 rings (SSSR count). The van der Waals surface area contributed by atoms with Gasteiger partial charge >= 0.3 is 0 Å². The van der Waals surface area contributed by atoms with E-state index in [9.17, 15) is 24.5 Å². The molecule has 0 bridgehead atoms. The number of imide groups is 1. The Kier molecular flexibility index (Phi) is 6.37. The number of amides is 3. The van der Waals surface area contributed by atoms with Crippen molar-refractivity contribution in [3.8, 4) is 0 Å². The van der Waals surface area contributed by atoms with E-state index in [0.717, 1.165) is 16.7 Å². The molecule has 144 valence electrons. The van der Waals surface area contributed by atoms with Crippen molar-refractivity contribution in [3.05, 3.63) is 44.8 Å². The fraction of sp³-hybridized carbons (Fsp3) is 0.389. The Labute approximate surface area is 161 Å². The minimum Gasteiger partial charge on any atom is -0.336 e. The minimum atomic E-state index is -0.572. The maximum Gasteiger partial charge on any atom is 0.294 e. The summed E-state index contributed by atoms with van der Waals surface area (Å²) in [4.78, 5) is 50.3. The lowest BCUT2D eigenvalue weighted by molar-refractivity contribution is -0.384. The smallest absolute Gasteiger partial charge is 0.294 e. The van der Waals surface area contributed by atoms with Crippen LogP contribution in [0, 0.1) is 10.1 Å². The van der Waals surface area contributed by atoms with Gasteiger partial charge < -0.3 is 4.90 Å². The Balaban J connectivity index is 2.20. The zero-order valence-corrected chi connectivity index (χ0v) is 16.4. The average Bonchev–Trinajstić information content (AvgIpc) is 2.82. The maximum atomic E-state index is 12.5. The van der Waals surface area contributed by atoms with Crippen molar-refractivity contribution in [2.75, 3.05) is 6.54 Å². The Morgan fingerprint density at radius 3 is 2.44 bits per heavy atom. The lowest BCUT2D eigenvalue weighted by atomic mass is 10.2. The van der Waals surface area contributed by atoms with Gasteiger partial charge in [0, 0.05) is 24.2 Å². The number of carbonyl (C=O) groups excluding carboxylic acids is 3. The first-order valence-electron chi connectivity index (χ1n) is 8.42. The van der Waals surface area contributed by atoms with Gasteiger partial charge in [0.15, 0.2) is 0 Å². The highest BCUT2D eigenvalue weighted by atomic mass is 32.2. The predicted molar refractivity (Wildman–Crippen MR) is 103 cm³/mol. The second-order valence-corrected chi connectivity index (χ2v) is 7.60. The monoisotopic (exact) mass is 391 g/mol. The normalized spacial score (nSPS) is 15.9. The molecule has 8 nitrogen and oxygen atoms in total. The van der Waals surface area contributed by atoms with Gasteiger partial charge in [-0.15, -0.1) is 0 Å². The highest BCUT2D eigenvalue weighted by molar-refractivity contribution is 8.18. The molecule has 3 amide bonds. The minimum absolute atomic E-state index is 0.0576. The first kappa shape index (κ1) is 20.6. The highest BCUT2D eigenvalue weighted by Crippen LogP contribution is 2.32. The fourth-order valence-electron chi connectivity index (χ4n) is 2.90.